The molecular weight excluding hydrogens is 297 g/mol. The third-order valence-electron chi connectivity index (χ3n) is 3.35. The maximum atomic E-state index is 13.1. The van der Waals surface area contributed by atoms with E-state index in [4.69, 9.17) is 4.74 Å². The van der Waals surface area contributed by atoms with E-state index in [-0.39, 0.29) is 5.82 Å². The molecule has 0 saturated carbocycles. The number of rotatable bonds is 4. The summed E-state index contributed by atoms with van der Waals surface area (Å²) in [5.41, 5.74) is 1.14. The summed E-state index contributed by atoms with van der Waals surface area (Å²) in [7, 11) is 2.12. The molecule has 1 aromatic carbocycles. The summed E-state index contributed by atoms with van der Waals surface area (Å²) in [6, 6.07) is 5.22. The molecule has 100 valence electrons. The monoisotopic (exact) mass is 315 g/mol. The third-order valence-corrected chi connectivity index (χ3v) is 3.95. The van der Waals surface area contributed by atoms with Gasteiger partial charge in [0.05, 0.1) is 4.47 Å². The van der Waals surface area contributed by atoms with Crippen molar-refractivity contribution >= 4 is 15.9 Å². The molecule has 0 unspecified atom stereocenters. The van der Waals surface area contributed by atoms with Gasteiger partial charge in [0, 0.05) is 26.3 Å². The van der Waals surface area contributed by atoms with Gasteiger partial charge >= 0.3 is 0 Å². The summed E-state index contributed by atoms with van der Waals surface area (Å²) >= 11 is 3.22. The zero-order valence-electron chi connectivity index (χ0n) is 10.7. The molecule has 4 heteroatoms. The predicted molar refractivity (Wildman–Crippen MR) is 74.0 cm³/mol. The molecular formula is C14H19BrFNO. The Morgan fingerprint density at radius 1 is 1.39 bits per heavy atom. The fourth-order valence-electron chi connectivity index (χ4n) is 2.38. The number of benzene rings is 1. The zero-order chi connectivity index (χ0) is 13.0. The van der Waals surface area contributed by atoms with E-state index in [1.54, 1.807) is 0 Å². The molecule has 0 aliphatic carbocycles. The molecule has 0 atom stereocenters. The van der Waals surface area contributed by atoms with Crippen molar-refractivity contribution in [2.24, 2.45) is 5.92 Å². The summed E-state index contributed by atoms with van der Waals surface area (Å²) < 4.78 is 19.0. The van der Waals surface area contributed by atoms with E-state index in [0.717, 1.165) is 50.6 Å². The minimum Gasteiger partial charge on any atom is -0.381 e. The van der Waals surface area contributed by atoms with Gasteiger partial charge in [0.2, 0.25) is 0 Å². The van der Waals surface area contributed by atoms with E-state index < -0.39 is 0 Å². The second kappa shape index (κ2) is 6.64. The van der Waals surface area contributed by atoms with Crippen LogP contribution in [0.25, 0.3) is 0 Å². The number of hydrogen-bond acceptors (Lipinski definition) is 2. The van der Waals surface area contributed by atoms with Crippen LogP contribution in [-0.2, 0) is 11.3 Å². The topological polar surface area (TPSA) is 12.5 Å². The highest BCUT2D eigenvalue weighted by Crippen LogP contribution is 2.19. The second-order valence-corrected chi connectivity index (χ2v) is 5.86. The predicted octanol–water partition coefficient (Wildman–Crippen LogP) is 3.45. The summed E-state index contributed by atoms with van der Waals surface area (Å²) in [4.78, 5) is 2.30. The van der Waals surface area contributed by atoms with Gasteiger partial charge in [-0.3, -0.25) is 0 Å². The average molecular weight is 316 g/mol. The largest absolute Gasteiger partial charge is 0.381 e. The van der Waals surface area contributed by atoms with Gasteiger partial charge in [-0.25, -0.2) is 4.39 Å². The fraction of sp³-hybridized carbons (Fsp3) is 0.571. The first kappa shape index (κ1) is 14.0. The molecule has 0 aromatic heterocycles. The molecule has 1 aliphatic rings. The van der Waals surface area contributed by atoms with Crippen LogP contribution >= 0.6 is 15.9 Å². The minimum absolute atomic E-state index is 0.203. The van der Waals surface area contributed by atoms with Crippen molar-refractivity contribution in [3.63, 3.8) is 0 Å². The molecule has 1 aromatic rings. The highest BCUT2D eigenvalue weighted by atomic mass is 79.9. The number of halogens is 2. The van der Waals surface area contributed by atoms with E-state index in [2.05, 4.69) is 27.9 Å². The first-order valence-corrected chi connectivity index (χ1v) is 7.14. The Balaban J connectivity index is 1.85. The molecule has 18 heavy (non-hydrogen) atoms. The molecule has 2 rings (SSSR count). The van der Waals surface area contributed by atoms with Crippen LogP contribution in [-0.4, -0.2) is 31.7 Å². The van der Waals surface area contributed by atoms with Crippen LogP contribution in [0.3, 0.4) is 0 Å². The summed E-state index contributed by atoms with van der Waals surface area (Å²) in [6.45, 7) is 3.72. The van der Waals surface area contributed by atoms with Crippen LogP contribution < -0.4 is 0 Å². The highest BCUT2D eigenvalue weighted by molar-refractivity contribution is 9.10. The van der Waals surface area contributed by atoms with Gasteiger partial charge in [0.15, 0.2) is 0 Å². The first-order chi connectivity index (χ1) is 8.65. The molecule has 0 N–H and O–H groups in total. The second-order valence-electron chi connectivity index (χ2n) is 5.00. The van der Waals surface area contributed by atoms with E-state index in [9.17, 15) is 4.39 Å². The molecule has 1 heterocycles. The Morgan fingerprint density at radius 3 is 2.78 bits per heavy atom. The normalized spacial score (nSPS) is 17.3. The Labute approximate surface area is 116 Å². The quantitative estimate of drug-likeness (QED) is 0.844. The Hall–Kier alpha value is -0.450. The van der Waals surface area contributed by atoms with Crippen molar-refractivity contribution in [1.29, 1.82) is 0 Å². The van der Waals surface area contributed by atoms with E-state index in [0.29, 0.717) is 4.47 Å². The van der Waals surface area contributed by atoms with Crippen molar-refractivity contribution in [1.82, 2.24) is 4.90 Å². The molecule has 0 radical (unpaired) electrons. The van der Waals surface area contributed by atoms with Crippen molar-refractivity contribution in [3.05, 3.63) is 34.1 Å². The van der Waals surface area contributed by atoms with Crippen molar-refractivity contribution in [3.8, 4) is 0 Å². The van der Waals surface area contributed by atoms with Crippen LogP contribution in [0.2, 0.25) is 0 Å². The van der Waals surface area contributed by atoms with Crippen LogP contribution in [0.4, 0.5) is 4.39 Å². The van der Waals surface area contributed by atoms with E-state index in [1.165, 1.54) is 6.07 Å². The Morgan fingerprint density at radius 2 is 2.11 bits per heavy atom. The lowest BCUT2D eigenvalue weighted by atomic mass is 10.00. The number of hydrogen-bond donors (Lipinski definition) is 0. The van der Waals surface area contributed by atoms with E-state index in [1.807, 2.05) is 12.1 Å². The standard InChI is InChI=1S/C14H19BrFNO/c1-17(9-11-4-6-18-7-5-11)10-12-2-3-14(16)13(15)8-12/h2-3,8,11H,4-7,9-10H2,1H3. The van der Waals surface area contributed by atoms with Gasteiger partial charge in [-0.1, -0.05) is 6.07 Å². The molecule has 0 bridgehead atoms. The first-order valence-electron chi connectivity index (χ1n) is 6.35. The fourth-order valence-corrected chi connectivity index (χ4v) is 2.81. The van der Waals surface area contributed by atoms with E-state index >= 15 is 0 Å². The Bertz CT molecular complexity index is 393. The number of nitrogens with zero attached hydrogens (tertiary/aromatic N) is 1. The van der Waals surface area contributed by atoms with Gasteiger partial charge in [0.1, 0.15) is 5.82 Å². The summed E-state index contributed by atoms with van der Waals surface area (Å²) in [5, 5.41) is 0. The smallest absolute Gasteiger partial charge is 0.137 e. The van der Waals surface area contributed by atoms with Gasteiger partial charge in [-0.2, -0.15) is 0 Å². The van der Waals surface area contributed by atoms with Gasteiger partial charge in [-0.15, -0.1) is 0 Å². The molecule has 1 fully saturated rings. The third kappa shape index (κ3) is 4.04. The van der Waals surface area contributed by atoms with Crippen LogP contribution in [0, 0.1) is 11.7 Å². The SMILES string of the molecule is CN(Cc1ccc(F)c(Br)c1)CC1CCOCC1. The average Bonchev–Trinajstić information content (AvgIpc) is 2.35. The molecule has 1 saturated heterocycles. The molecule has 1 aliphatic heterocycles. The highest BCUT2D eigenvalue weighted by Gasteiger charge is 2.15. The van der Waals surface area contributed by atoms with Crippen LogP contribution in [0.15, 0.2) is 22.7 Å². The molecule has 0 amide bonds. The Kier molecular flexibility index (Phi) is 5.15. The minimum atomic E-state index is -0.203. The lowest BCUT2D eigenvalue weighted by Gasteiger charge is -2.27. The van der Waals surface area contributed by atoms with Gasteiger partial charge in [0.25, 0.3) is 0 Å². The number of ether oxygens (including phenoxy) is 1. The van der Waals surface area contributed by atoms with Crippen molar-refractivity contribution in [2.75, 3.05) is 26.8 Å². The van der Waals surface area contributed by atoms with Crippen LogP contribution in [0.5, 0.6) is 0 Å². The van der Waals surface area contributed by atoms with Crippen molar-refractivity contribution < 1.29 is 9.13 Å². The zero-order valence-corrected chi connectivity index (χ0v) is 12.2. The summed E-state index contributed by atoms with van der Waals surface area (Å²) in [6.07, 6.45) is 2.30. The van der Waals surface area contributed by atoms with Gasteiger partial charge in [-0.05, 0) is 59.4 Å². The lowest BCUT2D eigenvalue weighted by Crippen LogP contribution is -2.29. The van der Waals surface area contributed by atoms with Gasteiger partial charge < -0.3 is 9.64 Å². The molecule has 0 spiro atoms. The maximum absolute atomic E-state index is 13.1. The maximum Gasteiger partial charge on any atom is 0.137 e. The summed E-state index contributed by atoms with van der Waals surface area (Å²) in [5.74, 6) is 0.526. The van der Waals surface area contributed by atoms with Crippen LogP contribution in [0.1, 0.15) is 18.4 Å². The lowest BCUT2D eigenvalue weighted by molar-refractivity contribution is 0.0549. The van der Waals surface area contributed by atoms with Crippen molar-refractivity contribution in [2.45, 2.75) is 19.4 Å². The molecule has 2 nitrogen and oxygen atoms in total.